The molecule has 21 heavy (non-hydrogen) atoms. The van der Waals surface area contributed by atoms with Gasteiger partial charge in [-0.05, 0) is 30.3 Å². The maximum atomic E-state index is 11.8. The number of nitrogens with one attached hydrogen (secondary N) is 1. The van der Waals surface area contributed by atoms with Gasteiger partial charge >= 0.3 is 0 Å². The lowest BCUT2D eigenvalue weighted by molar-refractivity contribution is -0.116. The summed E-state index contributed by atoms with van der Waals surface area (Å²) in [5, 5.41) is 11.4. The number of Topliss-reactive ketones (excluding diaryl/α,β-unsaturated/α-hetero) is 1. The highest BCUT2D eigenvalue weighted by Crippen LogP contribution is 2.23. The van der Waals surface area contributed by atoms with E-state index in [4.69, 9.17) is 16.9 Å². The number of nitrogens with zero attached hydrogens (tertiary/aromatic N) is 1. The third-order valence-corrected chi connectivity index (χ3v) is 3.97. The maximum Gasteiger partial charge on any atom is 0.224 e. The first kappa shape index (κ1) is 15.2. The lowest BCUT2D eigenvalue weighted by Gasteiger charge is -2.04. The van der Waals surface area contributed by atoms with Crippen LogP contribution in [0.25, 0.3) is 0 Å². The fraction of sp³-hybridized carbons (Fsp3) is 0.133. The molecule has 0 radical (unpaired) electrons. The van der Waals surface area contributed by atoms with Gasteiger partial charge in [0.05, 0.1) is 20.8 Å². The Morgan fingerprint density at radius 1 is 1.24 bits per heavy atom. The van der Waals surface area contributed by atoms with E-state index in [0.29, 0.717) is 20.5 Å². The zero-order chi connectivity index (χ0) is 15.2. The highest BCUT2D eigenvalue weighted by Gasteiger charge is 2.11. The topological polar surface area (TPSA) is 70.0 Å². The Balaban J connectivity index is 1.87. The van der Waals surface area contributed by atoms with E-state index in [1.807, 2.05) is 6.07 Å². The van der Waals surface area contributed by atoms with Gasteiger partial charge in [0.25, 0.3) is 0 Å². The van der Waals surface area contributed by atoms with Crippen molar-refractivity contribution in [1.29, 1.82) is 5.26 Å². The van der Waals surface area contributed by atoms with Gasteiger partial charge in [0.2, 0.25) is 5.91 Å². The molecule has 0 aliphatic heterocycles. The number of hydrogen-bond acceptors (Lipinski definition) is 4. The van der Waals surface area contributed by atoms with Crippen LogP contribution in [0.4, 0.5) is 5.69 Å². The molecule has 0 aliphatic carbocycles. The van der Waals surface area contributed by atoms with Crippen LogP contribution in [-0.4, -0.2) is 11.7 Å². The molecule has 1 amide bonds. The highest BCUT2D eigenvalue weighted by atomic mass is 35.5. The third-order valence-electron chi connectivity index (χ3n) is 2.70. The Labute approximate surface area is 131 Å². The van der Waals surface area contributed by atoms with Crippen molar-refractivity contribution in [2.24, 2.45) is 0 Å². The smallest absolute Gasteiger partial charge is 0.224 e. The van der Waals surface area contributed by atoms with Gasteiger partial charge in [-0.3, -0.25) is 9.59 Å². The number of carbonyl (C=O) groups is 2. The molecule has 106 valence electrons. The largest absolute Gasteiger partial charge is 0.326 e. The summed E-state index contributed by atoms with van der Waals surface area (Å²) in [6.07, 6.45) is 0.214. The summed E-state index contributed by atoms with van der Waals surface area (Å²) in [6.45, 7) is 0. The van der Waals surface area contributed by atoms with Gasteiger partial charge in [0, 0.05) is 18.5 Å². The molecule has 0 spiro atoms. The molecule has 1 heterocycles. The summed E-state index contributed by atoms with van der Waals surface area (Å²) in [5.74, 6) is -0.367. The summed E-state index contributed by atoms with van der Waals surface area (Å²) < 4.78 is 0.552. The third kappa shape index (κ3) is 4.42. The molecule has 6 heteroatoms. The first-order valence-electron chi connectivity index (χ1n) is 6.17. The molecule has 0 saturated heterocycles. The molecule has 4 nitrogen and oxygen atoms in total. The summed E-state index contributed by atoms with van der Waals surface area (Å²) in [5.41, 5.74) is 1.02. The molecule has 1 aromatic heterocycles. The summed E-state index contributed by atoms with van der Waals surface area (Å²) in [6, 6.07) is 11.9. The molecule has 0 bridgehead atoms. The van der Waals surface area contributed by atoms with Crippen LogP contribution in [0.15, 0.2) is 36.4 Å². The predicted octanol–water partition coefficient (Wildman–Crippen LogP) is 3.87. The van der Waals surface area contributed by atoms with Crippen LogP contribution in [0.5, 0.6) is 0 Å². The van der Waals surface area contributed by atoms with Crippen molar-refractivity contribution in [2.45, 2.75) is 12.8 Å². The minimum Gasteiger partial charge on any atom is -0.326 e. The van der Waals surface area contributed by atoms with E-state index in [2.05, 4.69) is 5.32 Å². The Morgan fingerprint density at radius 3 is 2.71 bits per heavy atom. The number of hydrogen-bond donors (Lipinski definition) is 1. The highest BCUT2D eigenvalue weighted by molar-refractivity contribution is 7.18. The summed E-state index contributed by atoms with van der Waals surface area (Å²) in [4.78, 5) is 24.2. The lowest BCUT2D eigenvalue weighted by Crippen LogP contribution is -2.13. The van der Waals surface area contributed by atoms with Crippen molar-refractivity contribution < 1.29 is 9.59 Å². The fourth-order valence-electron chi connectivity index (χ4n) is 1.70. The molecular formula is C15H11ClN2O2S. The van der Waals surface area contributed by atoms with E-state index >= 15 is 0 Å². The number of ketones is 1. The van der Waals surface area contributed by atoms with Crippen molar-refractivity contribution in [2.75, 3.05) is 5.32 Å². The molecule has 2 aromatic rings. The average molecular weight is 319 g/mol. The zero-order valence-corrected chi connectivity index (χ0v) is 12.5. The Morgan fingerprint density at radius 2 is 2.05 bits per heavy atom. The van der Waals surface area contributed by atoms with Crippen molar-refractivity contribution in [1.82, 2.24) is 0 Å². The number of thiophene rings is 1. The molecular weight excluding hydrogens is 308 g/mol. The molecule has 0 fully saturated rings. The van der Waals surface area contributed by atoms with Crippen LogP contribution in [0.2, 0.25) is 4.34 Å². The quantitative estimate of drug-likeness (QED) is 0.851. The Hall–Kier alpha value is -2.16. The standard InChI is InChI=1S/C15H11ClN2O2S/c16-14-6-5-13(21-14)12(19)4-7-15(20)18-11-3-1-2-10(8-11)9-17/h1-3,5-6,8H,4,7H2,(H,18,20). The van der Waals surface area contributed by atoms with Gasteiger partial charge in [0.1, 0.15) is 0 Å². The normalized spacial score (nSPS) is 9.90. The van der Waals surface area contributed by atoms with Crippen LogP contribution in [0, 0.1) is 11.3 Å². The molecule has 0 saturated carbocycles. The molecule has 0 aliphatic rings. The van der Waals surface area contributed by atoms with Crippen LogP contribution >= 0.6 is 22.9 Å². The van der Waals surface area contributed by atoms with Gasteiger partial charge in [-0.1, -0.05) is 17.7 Å². The van der Waals surface area contributed by atoms with E-state index in [0.717, 1.165) is 0 Å². The SMILES string of the molecule is N#Cc1cccc(NC(=O)CCC(=O)c2ccc(Cl)s2)c1. The van der Waals surface area contributed by atoms with E-state index in [1.165, 1.54) is 11.3 Å². The van der Waals surface area contributed by atoms with Crippen molar-refractivity contribution >= 4 is 40.3 Å². The van der Waals surface area contributed by atoms with Gasteiger partial charge in [-0.15, -0.1) is 11.3 Å². The van der Waals surface area contributed by atoms with Crippen molar-refractivity contribution in [3.63, 3.8) is 0 Å². The second kappa shape index (κ2) is 7.02. The number of halogens is 1. The lowest BCUT2D eigenvalue weighted by atomic mass is 10.1. The second-order valence-corrected chi connectivity index (χ2v) is 5.98. The monoisotopic (exact) mass is 318 g/mol. The number of benzene rings is 1. The summed E-state index contributed by atoms with van der Waals surface area (Å²) in [7, 11) is 0. The number of nitriles is 1. The molecule has 2 rings (SSSR count). The summed E-state index contributed by atoms with van der Waals surface area (Å²) >= 11 is 6.97. The number of carbonyl (C=O) groups excluding carboxylic acids is 2. The first-order chi connectivity index (χ1) is 10.1. The minimum atomic E-state index is -0.263. The number of rotatable bonds is 5. The predicted molar refractivity (Wildman–Crippen MR) is 82.7 cm³/mol. The van der Waals surface area contributed by atoms with E-state index in [9.17, 15) is 9.59 Å². The van der Waals surface area contributed by atoms with E-state index in [1.54, 1.807) is 36.4 Å². The maximum absolute atomic E-state index is 11.8. The molecule has 0 unspecified atom stereocenters. The minimum absolute atomic E-state index is 0.0884. The first-order valence-corrected chi connectivity index (χ1v) is 7.36. The van der Waals surface area contributed by atoms with Crippen LogP contribution in [0.1, 0.15) is 28.1 Å². The molecule has 1 N–H and O–H groups in total. The zero-order valence-electron chi connectivity index (χ0n) is 10.9. The van der Waals surface area contributed by atoms with Crippen molar-refractivity contribution in [3.8, 4) is 6.07 Å². The van der Waals surface area contributed by atoms with Gasteiger partial charge in [-0.25, -0.2) is 0 Å². The van der Waals surface area contributed by atoms with Gasteiger partial charge in [0.15, 0.2) is 5.78 Å². The Bertz CT molecular complexity index is 718. The van der Waals surface area contributed by atoms with Crippen molar-refractivity contribution in [3.05, 3.63) is 51.2 Å². The molecule has 0 atom stereocenters. The van der Waals surface area contributed by atoms with Crippen LogP contribution in [0.3, 0.4) is 0 Å². The second-order valence-electron chi connectivity index (χ2n) is 4.27. The van der Waals surface area contributed by atoms with Gasteiger partial charge < -0.3 is 5.32 Å². The van der Waals surface area contributed by atoms with Crippen LogP contribution < -0.4 is 5.32 Å². The van der Waals surface area contributed by atoms with E-state index < -0.39 is 0 Å². The van der Waals surface area contributed by atoms with Gasteiger partial charge in [-0.2, -0.15) is 5.26 Å². The fourth-order valence-corrected chi connectivity index (χ4v) is 2.71. The number of anilines is 1. The molecule has 1 aromatic carbocycles. The Kier molecular flexibility index (Phi) is 5.09. The van der Waals surface area contributed by atoms with E-state index in [-0.39, 0.29) is 24.5 Å². The average Bonchev–Trinajstić information content (AvgIpc) is 2.91. The number of amides is 1. The van der Waals surface area contributed by atoms with Crippen LogP contribution in [-0.2, 0) is 4.79 Å².